The highest BCUT2D eigenvalue weighted by Gasteiger charge is 2.37. The van der Waals surface area contributed by atoms with Crippen molar-refractivity contribution in [1.82, 2.24) is 0 Å². The Morgan fingerprint density at radius 1 is 0.920 bits per heavy atom. The van der Waals surface area contributed by atoms with Crippen LogP contribution in [0.1, 0.15) is 57.4 Å². The minimum Gasteiger partial charge on any atom is -0.460 e. The average Bonchev–Trinajstić information content (AvgIpc) is 2.94. The fraction of sp³-hybridized carbons (Fsp3) is 0.273. The maximum absolute atomic E-state index is 12.9. The van der Waals surface area contributed by atoms with Crippen LogP contribution in [0.2, 0.25) is 0 Å². The molecule has 1 aromatic heterocycles. The zero-order chi connectivity index (χ0) is 17.7. The van der Waals surface area contributed by atoms with Crippen LogP contribution >= 0.6 is 0 Å². The first-order valence-electron chi connectivity index (χ1n) is 8.78. The number of rotatable bonds is 3. The molecule has 0 fully saturated rings. The molecule has 0 aliphatic heterocycles. The van der Waals surface area contributed by atoms with Crippen LogP contribution in [-0.2, 0) is 6.42 Å². The van der Waals surface area contributed by atoms with E-state index < -0.39 is 11.6 Å². The fourth-order valence-electron chi connectivity index (χ4n) is 3.78. The molecule has 3 heteroatoms. The lowest BCUT2D eigenvalue weighted by atomic mass is 9.83. The molecule has 25 heavy (non-hydrogen) atoms. The van der Waals surface area contributed by atoms with Crippen molar-refractivity contribution in [3.05, 3.63) is 58.3 Å². The number of Topliss-reactive ketones (excluding diaryl/α,β-unsaturated/α-hetero) is 2. The molecule has 3 nitrogen and oxygen atoms in total. The maximum atomic E-state index is 12.9. The van der Waals surface area contributed by atoms with Crippen LogP contribution in [0.15, 0.2) is 34.7 Å². The lowest BCUT2D eigenvalue weighted by Crippen LogP contribution is -2.21. The largest absolute Gasteiger partial charge is 0.460 e. The van der Waals surface area contributed by atoms with Crippen molar-refractivity contribution in [3.8, 4) is 11.3 Å². The van der Waals surface area contributed by atoms with Gasteiger partial charge >= 0.3 is 0 Å². The van der Waals surface area contributed by atoms with Crippen LogP contribution < -0.4 is 0 Å². The van der Waals surface area contributed by atoms with Gasteiger partial charge in [-0.15, -0.1) is 0 Å². The number of carbonyl (C=O) groups is 2. The molecule has 126 valence electrons. The predicted molar refractivity (Wildman–Crippen MR) is 98.4 cm³/mol. The van der Waals surface area contributed by atoms with Gasteiger partial charge in [0.1, 0.15) is 11.5 Å². The number of unbranched alkanes of at least 4 members (excludes halogenated alkanes) is 1. The lowest BCUT2D eigenvalue weighted by molar-refractivity contribution is 0.0815. The first kappa shape index (κ1) is 15.8. The third kappa shape index (κ3) is 2.19. The Hall–Kier alpha value is -2.68. The average molecular weight is 332 g/mol. The Balaban J connectivity index is 2.03. The van der Waals surface area contributed by atoms with Crippen molar-refractivity contribution in [2.75, 3.05) is 0 Å². The Bertz CT molecular complexity index is 1040. The molecule has 1 heterocycles. The molecule has 0 bridgehead atoms. The SMILES string of the molecule is CCCCc1oc2c(c1C)C(=O)C(=O)c1c-2ccc2c(C)cccc12. The minimum absolute atomic E-state index is 0.426. The number of fused-ring (bicyclic) bond motifs is 5. The Kier molecular flexibility index (Phi) is 3.60. The van der Waals surface area contributed by atoms with Crippen molar-refractivity contribution >= 4 is 22.3 Å². The number of aryl methyl sites for hydroxylation is 2. The number of hydrogen-bond acceptors (Lipinski definition) is 3. The second-order valence-corrected chi connectivity index (χ2v) is 6.77. The van der Waals surface area contributed by atoms with Crippen LogP contribution in [-0.4, -0.2) is 11.6 Å². The normalized spacial score (nSPS) is 13.2. The van der Waals surface area contributed by atoms with Crippen molar-refractivity contribution in [2.24, 2.45) is 0 Å². The van der Waals surface area contributed by atoms with Crippen LogP contribution in [0.25, 0.3) is 22.1 Å². The molecule has 0 spiro atoms. The number of furan rings is 1. The van der Waals surface area contributed by atoms with E-state index in [0.29, 0.717) is 16.9 Å². The molecule has 0 saturated carbocycles. The lowest BCUT2D eigenvalue weighted by Gasteiger charge is -2.16. The van der Waals surface area contributed by atoms with E-state index in [0.717, 1.165) is 52.5 Å². The Morgan fingerprint density at radius 2 is 1.68 bits per heavy atom. The van der Waals surface area contributed by atoms with E-state index in [1.165, 1.54) is 0 Å². The van der Waals surface area contributed by atoms with Crippen molar-refractivity contribution in [1.29, 1.82) is 0 Å². The zero-order valence-electron chi connectivity index (χ0n) is 14.7. The second kappa shape index (κ2) is 5.69. The quantitative estimate of drug-likeness (QED) is 0.600. The van der Waals surface area contributed by atoms with Gasteiger partial charge in [-0.2, -0.15) is 0 Å². The molecule has 1 aliphatic rings. The summed E-state index contributed by atoms with van der Waals surface area (Å²) in [6, 6.07) is 9.77. The molecule has 0 amide bonds. The van der Waals surface area contributed by atoms with E-state index in [9.17, 15) is 9.59 Å². The minimum atomic E-state index is -0.444. The summed E-state index contributed by atoms with van der Waals surface area (Å²) in [5.41, 5.74) is 3.58. The van der Waals surface area contributed by atoms with Gasteiger partial charge < -0.3 is 4.42 Å². The topological polar surface area (TPSA) is 47.3 Å². The number of hydrogen-bond donors (Lipinski definition) is 0. The summed E-state index contributed by atoms with van der Waals surface area (Å²) in [7, 11) is 0. The van der Waals surface area contributed by atoms with Crippen LogP contribution in [0, 0.1) is 13.8 Å². The summed E-state index contributed by atoms with van der Waals surface area (Å²) in [4.78, 5) is 25.7. The molecule has 0 N–H and O–H groups in total. The van der Waals surface area contributed by atoms with Gasteiger partial charge in [0.25, 0.3) is 0 Å². The van der Waals surface area contributed by atoms with Crippen molar-refractivity contribution < 1.29 is 14.0 Å². The monoisotopic (exact) mass is 332 g/mol. The Labute approximate surface area is 146 Å². The second-order valence-electron chi connectivity index (χ2n) is 6.77. The predicted octanol–water partition coefficient (Wildman–Crippen LogP) is 5.44. The van der Waals surface area contributed by atoms with E-state index in [2.05, 4.69) is 6.92 Å². The van der Waals surface area contributed by atoms with Crippen LogP contribution in [0.5, 0.6) is 0 Å². The smallest absolute Gasteiger partial charge is 0.237 e. The molecule has 0 atom stereocenters. The molecule has 0 radical (unpaired) electrons. The molecular weight excluding hydrogens is 312 g/mol. The van der Waals surface area contributed by atoms with Gasteiger partial charge in [-0.25, -0.2) is 0 Å². The molecule has 2 aromatic carbocycles. The summed E-state index contributed by atoms with van der Waals surface area (Å²) in [5.74, 6) is 0.516. The zero-order valence-corrected chi connectivity index (χ0v) is 14.7. The molecular formula is C22H20O3. The van der Waals surface area contributed by atoms with Gasteiger partial charge in [0.2, 0.25) is 11.6 Å². The number of benzene rings is 2. The summed E-state index contributed by atoms with van der Waals surface area (Å²) < 4.78 is 6.09. The molecule has 0 saturated heterocycles. The highest BCUT2D eigenvalue weighted by Crippen LogP contribution is 2.41. The third-order valence-electron chi connectivity index (χ3n) is 5.19. The van der Waals surface area contributed by atoms with Gasteiger partial charge in [-0.3, -0.25) is 9.59 Å². The van der Waals surface area contributed by atoms with E-state index in [4.69, 9.17) is 4.42 Å². The van der Waals surface area contributed by atoms with E-state index in [-0.39, 0.29) is 0 Å². The Morgan fingerprint density at radius 3 is 2.44 bits per heavy atom. The van der Waals surface area contributed by atoms with Gasteiger partial charge in [0.15, 0.2) is 0 Å². The number of ketones is 2. The molecule has 1 aliphatic carbocycles. The standard InChI is InChI=1S/C22H20O3/c1-4-5-9-17-13(3)18-20(23)21(24)19-15-8-6-7-12(2)14(15)10-11-16(19)22(18)25-17/h6-8,10-11H,4-5,9H2,1-3H3. The third-order valence-corrected chi connectivity index (χ3v) is 5.19. The van der Waals surface area contributed by atoms with Crippen molar-refractivity contribution in [2.45, 2.75) is 40.0 Å². The first-order valence-corrected chi connectivity index (χ1v) is 8.78. The van der Waals surface area contributed by atoms with Crippen LogP contribution in [0.4, 0.5) is 0 Å². The molecule has 4 rings (SSSR count). The summed E-state index contributed by atoms with van der Waals surface area (Å²) in [6.07, 6.45) is 2.84. The van der Waals surface area contributed by atoms with Crippen LogP contribution in [0.3, 0.4) is 0 Å². The highest BCUT2D eigenvalue weighted by atomic mass is 16.3. The van der Waals surface area contributed by atoms with E-state index >= 15 is 0 Å². The first-order chi connectivity index (χ1) is 12.0. The van der Waals surface area contributed by atoms with Crippen molar-refractivity contribution in [3.63, 3.8) is 0 Å². The number of carbonyl (C=O) groups excluding carboxylic acids is 2. The highest BCUT2D eigenvalue weighted by molar-refractivity contribution is 6.54. The fourth-order valence-corrected chi connectivity index (χ4v) is 3.78. The summed E-state index contributed by atoms with van der Waals surface area (Å²) in [6.45, 7) is 6.01. The summed E-state index contributed by atoms with van der Waals surface area (Å²) in [5, 5.41) is 1.82. The molecule has 3 aromatic rings. The van der Waals surface area contributed by atoms with E-state index in [1.807, 2.05) is 44.2 Å². The summed E-state index contributed by atoms with van der Waals surface area (Å²) >= 11 is 0. The van der Waals surface area contributed by atoms with E-state index in [1.54, 1.807) is 0 Å². The van der Waals surface area contributed by atoms with Gasteiger partial charge in [-0.1, -0.05) is 37.6 Å². The van der Waals surface area contributed by atoms with Gasteiger partial charge in [0.05, 0.1) is 5.56 Å². The van der Waals surface area contributed by atoms with Gasteiger partial charge in [-0.05, 0) is 42.7 Å². The van der Waals surface area contributed by atoms with Gasteiger partial charge in [0, 0.05) is 23.1 Å². The maximum Gasteiger partial charge on any atom is 0.237 e. The molecule has 0 unspecified atom stereocenters.